The Hall–Kier alpha value is -4.99. The maximum atomic E-state index is 14.9. The van der Waals surface area contributed by atoms with Gasteiger partial charge in [-0.25, -0.2) is 14.2 Å². The quantitative estimate of drug-likeness (QED) is 0.189. The fourth-order valence-electron chi connectivity index (χ4n) is 4.11. The SMILES string of the molecule is CC(C)Nc1cc(Oc2ccc(NC(=O)Nc3cn(C(C)C)nc3-c3ccc4ncccc4c3)c(F)c2)ccn1. The first-order valence-corrected chi connectivity index (χ1v) is 13.0. The first-order valence-electron chi connectivity index (χ1n) is 13.0. The third-order valence-electron chi connectivity index (χ3n) is 5.98. The Kier molecular flexibility index (Phi) is 7.59. The monoisotopic (exact) mass is 539 g/mol. The third kappa shape index (κ3) is 6.17. The number of ether oxygens (including phenoxy) is 1. The Balaban J connectivity index is 1.31. The highest BCUT2D eigenvalue weighted by molar-refractivity contribution is 6.02. The summed E-state index contributed by atoms with van der Waals surface area (Å²) in [6, 6.07) is 17.0. The molecule has 0 unspecified atom stereocenters. The number of carbonyl (C=O) groups is 1. The summed E-state index contributed by atoms with van der Waals surface area (Å²) in [7, 11) is 0. The van der Waals surface area contributed by atoms with Crippen LogP contribution < -0.4 is 20.7 Å². The number of aromatic nitrogens is 4. The molecule has 204 valence electrons. The van der Waals surface area contributed by atoms with Crippen LogP contribution in [0.25, 0.3) is 22.2 Å². The van der Waals surface area contributed by atoms with Crippen LogP contribution in [0.2, 0.25) is 0 Å². The van der Waals surface area contributed by atoms with Gasteiger partial charge in [-0.1, -0.05) is 12.1 Å². The highest BCUT2D eigenvalue weighted by Crippen LogP contribution is 2.31. The van der Waals surface area contributed by atoms with E-state index >= 15 is 0 Å². The zero-order valence-electron chi connectivity index (χ0n) is 22.6. The first-order chi connectivity index (χ1) is 19.2. The topological polar surface area (TPSA) is 106 Å². The molecule has 0 aliphatic rings. The van der Waals surface area contributed by atoms with Gasteiger partial charge in [0.2, 0.25) is 0 Å². The molecule has 5 aromatic rings. The number of hydrogen-bond donors (Lipinski definition) is 3. The van der Waals surface area contributed by atoms with Crippen LogP contribution in [-0.2, 0) is 0 Å². The summed E-state index contributed by atoms with van der Waals surface area (Å²) >= 11 is 0. The highest BCUT2D eigenvalue weighted by Gasteiger charge is 2.17. The molecule has 2 amide bonds. The van der Waals surface area contributed by atoms with Gasteiger partial charge in [-0.2, -0.15) is 5.10 Å². The number of anilines is 3. The number of pyridine rings is 2. The smallest absolute Gasteiger partial charge is 0.323 e. The van der Waals surface area contributed by atoms with Gasteiger partial charge in [0.25, 0.3) is 0 Å². The minimum absolute atomic E-state index is 0.0105. The standard InChI is InChI=1S/C30H30FN7O2/c1-18(2)34-28-16-23(11-13-33-28)40-22-8-10-26(24(31)15-22)35-30(39)36-27-17-38(19(3)4)37-29(27)21-7-9-25-20(14-21)6-5-12-32-25/h5-19H,1-4H3,(H,33,34)(H2,35,36,39). The molecule has 0 atom stereocenters. The second-order valence-electron chi connectivity index (χ2n) is 9.87. The summed E-state index contributed by atoms with van der Waals surface area (Å²) in [6.07, 6.45) is 5.11. The molecule has 40 heavy (non-hydrogen) atoms. The van der Waals surface area contributed by atoms with Crippen LogP contribution in [-0.4, -0.2) is 31.8 Å². The molecule has 2 aromatic carbocycles. The number of amides is 2. The van der Waals surface area contributed by atoms with E-state index in [2.05, 4.69) is 25.9 Å². The van der Waals surface area contributed by atoms with E-state index in [0.717, 1.165) is 16.5 Å². The van der Waals surface area contributed by atoms with E-state index in [9.17, 15) is 9.18 Å². The van der Waals surface area contributed by atoms with Crippen molar-refractivity contribution in [3.05, 3.63) is 85.1 Å². The summed E-state index contributed by atoms with van der Waals surface area (Å²) in [4.78, 5) is 21.5. The van der Waals surface area contributed by atoms with Crippen LogP contribution >= 0.6 is 0 Å². The molecule has 10 heteroatoms. The Labute approximate surface area is 231 Å². The average Bonchev–Trinajstić information content (AvgIpc) is 3.34. The van der Waals surface area contributed by atoms with Crippen LogP contribution in [0, 0.1) is 5.82 Å². The minimum Gasteiger partial charge on any atom is -0.457 e. The van der Waals surface area contributed by atoms with Gasteiger partial charge in [0.1, 0.15) is 28.8 Å². The van der Waals surface area contributed by atoms with Crippen molar-refractivity contribution in [3.63, 3.8) is 0 Å². The summed E-state index contributed by atoms with van der Waals surface area (Å²) in [6.45, 7) is 8.00. The molecule has 0 aliphatic heterocycles. The number of rotatable bonds is 8. The van der Waals surface area contributed by atoms with Crippen molar-refractivity contribution in [3.8, 4) is 22.8 Å². The molecule has 0 aliphatic carbocycles. The lowest BCUT2D eigenvalue weighted by Gasteiger charge is -2.12. The van der Waals surface area contributed by atoms with Gasteiger partial charge in [-0.15, -0.1) is 0 Å². The molecule has 0 saturated carbocycles. The van der Waals surface area contributed by atoms with E-state index < -0.39 is 11.8 Å². The lowest BCUT2D eigenvalue weighted by atomic mass is 10.1. The fourth-order valence-corrected chi connectivity index (χ4v) is 4.11. The van der Waals surface area contributed by atoms with Gasteiger partial charge >= 0.3 is 6.03 Å². The lowest BCUT2D eigenvalue weighted by Crippen LogP contribution is -2.20. The van der Waals surface area contributed by atoms with Crippen molar-refractivity contribution in [2.45, 2.75) is 39.8 Å². The maximum Gasteiger partial charge on any atom is 0.323 e. The number of fused-ring (bicyclic) bond motifs is 1. The van der Waals surface area contributed by atoms with Gasteiger partial charge in [0.15, 0.2) is 0 Å². The Morgan fingerprint density at radius 3 is 2.48 bits per heavy atom. The van der Waals surface area contributed by atoms with Crippen molar-refractivity contribution in [2.75, 3.05) is 16.0 Å². The summed E-state index contributed by atoms with van der Waals surface area (Å²) in [5.74, 6) is 0.817. The fraction of sp³-hybridized carbons (Fsp3) is 0.200. The largest absolute Gasteiger partial charge is 0.457 e. The molecule has 0 bridgehead atoms. The molecule has 9 nitrogen and oxygen atoms in total. The van der Waals surface area contributed by atoms with Gasteiger partial charge in [0, 0.05) is 53.8 Å². The Morgan fingerprint density at radius 1 is 0.900 bits per heavy atom. The van der Waals surface area contributed by atoms with Crippen LogP contribution in [0.3, 0.4) is 0 Å². The zero-order chi connectivity index (χ0) is 28.2. The average molecular weight is 540 g/mol. The summed E-state index contributed by atoms with van der Waals surface area (Å²) in [5, 5.41) is 14.2. The van der Waals surface area contributed by atoms with Crippen molar-refractivity contribution in [2.24, 2.45) is 0 Å². The van der Waals surface area contributed by atoms with Crippen LogP contribution in [0.1, 0.15) is 33.7 Å². The first kappa shape index (κ1) is 26.6. The summed E-state index contributed by atoms with van der Waals surface area (Å²) < 4.78 is 22.5. The van der Waals surface area contributed by atoms with E-state index in [-0.39, 0.29) is 23.5 Å². The second-order valence-corrected chi connectivity index (χ2v) is 9.87. The Bertz CT molecular complexity index is 1670. The number of benzene rings is 2. The zero-order valence-corrected chi connectivity index (χ0v) is 22.6. The van der Waals surface area contributed by atoms with Crippen LogP contribution in [0.4, 0.5) is 26.4 Å². The van der Waals surface area contributed by atoms with Crippen molar-refractivity contribution < 1.29 is 13.9 Å². The van der Waals surface area contributed by atoms with Crippen LogP contribution in [0.15, 0.2) is 79.3 Å². The number of nitrogens with zero attached hydrogens (tertiary/aromatic N) is 4. The molecular formula is C30H30FN7O2. The van der Waals surface area contributed by atoms with Gasteiger partial charge in [-0.05, 0) is 64.1 Å². The molecule has 3 N–H and O–H groups in total. The summed E-state index contributed by atoms with van der Waals surface area (Å²) in [5.41, 5.74) is 2.80. The molecule has 5 rings (SSSR count). The second kappa shape index (κ2) is 11.4. The number of carbonyl (C=O) groups excluding carboxylic acids is 1. The van der Waals surface area contributed by atoms with E-state index in [0.29, 0.717) is 22.9 Å². The van der Waals surface area contributed by atoms with Crippen LogP contribution in [0.5, 0.6) is 11.5 Å². The highest BCUT2D eigenvalue weighted by atomic mass is 19.1. The number of hydrogen-bond acceptors (Lipinski definition) is 6. The number of urea groups is 1. The minimum atomic E-state index is -0.637. The Morgan fingerprint density at radius 2 is 1.70 bits per heavy atom. The van der Waals surface area contributed by atoms with E-state index in [1.165, 1.54) is 12.1 Å². The van der Waals surface area contributed by atoms with E-state index in [1.807, 2.05) is 58.0 Å². The normalized spacial score (nSPS) is 11.2. The molecular weight excluding hydrogens is 509 g/mol. The molecule has 0 radical (unpaired) electrons. The molecule has 0 saturated heterocycles. The molecule has 0 spiro atoms. The van der Waals surface area contributed by atoms with Crippen molar-refractivity contribution >= 4 is 34.1 Å². The van der Waals surface area contributed by atoms with Gasteiger partial charge < -0.3 is 20.7 Å². The third-order valence-corrected chi connectivity index (χ3v) is 5.98. The predicted octanol–water partition coefficient (Wildman–Crippen LogP) is 7.47. The lowest BCUT2D eigenvalue weighted by molar-refractivity contribution is 0.262. The van der Waals surface area contributed by atoms with Crippen molar-refractivity contribution in [1.82, 2.24) is 19.7 Å². The molecule has 0 fully saturated rings. The molecule has 3 heterocycles. The molecule has 3 aromatic heterocycles. The van der Waals surface area contributed by atoms with E-state index in [1.54, 1.807) is 41.5 Å². The van der Waals surface area contributed by atoms with Crippen molar-refractivity contribution in [1.29, 1.82) is 0 Å². The van der Waals surface area contributed by atoms with Gasteiger partial charge in [0.05, 0.1) is 16.9 Å². The number of nitrogens with one attached hydrogen (secondary N) is 3. The number of halogens is 1. The van der Waals surface area contributed by atoms with Gasteiger partial charge in [-0.3, -0.25) is 9.67 Å². The predicted molar refractivity (Wildman–Crippen MR) is 155 cm³/mol. The van der Waals surface area contributed by atoms with E-state index in [4.69, 9.17) is 9.84 Å². The maximum absolute atomic E-state index is 14.9.